The second-order valence-corrected chi connectivity index (χ2v) is 7.27. The summed E-state index contributed by atoms with van der Waals surface area (Å²) in [6.07, 6.45) is 1.57. The number of thiophene rings is 1. The lowest BCUT2D eigenvalue weighted by Gasteiger charge is -2.09. The van der Waals surface area contributed by atoms with Crippen LogP contribution in [0.1, 0.15) is 16.3 Å². The topological polar surface area (TPSA) is 50.7 Å². The Morgan fingerprint density at radius 2 is 1.85 bits per heavy atom. The molecule has 0 radical (unpaired) electrons. The Morgan fingerprint density at radius 3 is 2.62 bits per heavy atom. The van der Waals surface area contributed by atoms with E-state index >= 15 is 0 Å². The summed E-state index contributed by atoms with van der Waals surface area (Å²) >= 11 is 1.62. The van der Waals surface area contributed by atoms with Gasteiger partial charge in [0.25, 0.3) is 0 Å². The minimum Gasteiger partial charge on any atom is -0.364 e. The number of hydrogen-bond donors (Lipinski definition) is 1. The van der Waals surface area contributed by atoms with Gasteiger partial charge in [-0.15, -0.1) is 11.3 Å². The van der Waals surface area contributed by atoms with Crippen molar-refractivity contribution in [2.45, 2.75) is 20.4 Å². The average Bonchev–Trinajstić information content (AvgIpc) is 2.97. The fourth-order valence-electron chi connectivity index (χ4n) is 3.01. The molecule has 0 saturated heterocycles. The Labute approximate surface area is 154 Å². The van der Waals surface area contributed by atoms with Crippen molar-refractivity contribution >= 4 is 27.4 Å². The molecule has 0 amide bonds. The zero-order valence-electron chi connectivity index (χ0n) is 14.5. The maximum Gasteiger partial charge on any atom is 0.139 e. The molecule has 4 aromatic rings. The van der Waals surface area contributed by atoms with Crippen molar-refractivity contribution in [3.63, 3.8) is 0 Å². The lowest BCUT2D eigenvalue weighted by atomic mass is 10.0. The van der Waals surface area contributed by atoms with E-state index in [-0.39, 0.29) is 5.82 Å². The lowest BCUT2D eigenvalue weighted by molar-refractivity contribution is 0.628. The molecule has 0 aliphatic heterocycles. The van der Waals surface area contributed by atoms with E-state index in [1.165, 1.54) is 12.1 Å². The molecular weight excluding hydrogens is 347 g/mol. The van der Waals surface area contributed by atoms with Crippen LogP contribution in [-0.4, -0.2) is 15.0 Å². The minimum atomic E-state index is -0.244. The molecule has 0 aliphatic rings. The van der Waals surface area contributed by atoms with Gasteiger partial charge in [-0.25, -0.2) is 14.4 Å². The number of benzene rings is 1. The van der Waals surface area contributed by atoms with Crippen molar-refractivity contribution < 1.29 is 4.39 Å². The van der Waals surface area contributed by atoms with E-state index in [1.54, 1.807) is 29.8 Å². The van der Waals surface area contributed by atoms with Crippen LogP contribution in [0, 0.1) is 19.7 Å². The van der Waals surface area contributed by atoms with Crippen molar-refractivity contribution in [3.8, 4) is 11.1 Å². The number of nitrogens with zero attached hydrogens (tertiary/aromatic N) is 3. The van der Waals surface area contributed by atoms with Crippen LogP contribution in [-0.2, 0) is 6.54 Å². The molecule has 0 fully saturated rings. The number of pyridine rings is 1. The molecule has 0 unspecified atom stereocenters. The summed E-state index contributed by atoms with van der Waals surface area (Å²) in [4.78, 5) is 15.4. The zero-order chi connectivity index (χ0) is 18.1. The summed E-state index contributed by atoms with van der Waals surface area (Å²) in [5.74, 6) is 0.521. The van der Waals surface area contributed by atoms with Crippen molar-refractivity contribution in [1.29, 1.82) is 0 Å². The number of nitrogens with one attached hydrogen (secondary N) is 1. The van der Waals surface area contributed by atoms with Gasteiger partial charge in [0.05, 0.1) is 17.6 Å². The van der Waals surface area contributed by atoms with Crippen LogP contribution in [0.4, 0.5) is 10.2 Å². The van der Waals surface area contributed by atoms with E-state index in [0.717, 1.165) is 43.4 Å². The van der Waals surface area contributed by atoms with Gasteiger partial charge in [0.15, 0.2) is 0 Å². The summed E-state index contributed by atoms with van der Waals surface area (Å²) in [6, 6.07) is 12.5. The maximum atomic E-state index is 13.3. The first kappa shape index (κ1) is 16.6. The molecule has 3 heterocycles. The fraction of sp³-hybridized carbons (Fsp3) is 0.150. The second kappa shape index (κ2) is 6.80. The van der Waals surface area contributed by atoms with Crippen LogP contribution in [0.3, 0.4) is 0 Å². The Kier molecular flexibility index (Phi) is 4.34. The number of rotatable bonds is 4. The number of halogens is 1. The summed E-state index contributed by atoms with van der Waals surface area (Å²) in [7, 11) is 0. The maximum absolute atomic E-state index is 13.3. The first-order valence-electron chi connectivity index (χ1n) is 8.28. The third-order valence-electron chi connectivity index (χ3n) is 4.18. The highest BCUT2D eigenvalue weighted by molar-refractivity contribution is 7.19. The SMILES string of the molecule is Cc1cccc(CNc2ncnc3sc(C)c(-c4ccc(F)cc4)c23)n1. The summed E-state index contributed by atoms with van der Waals surface area (Å²) < 4.78 is 13.3. The molecule has 0 aliphatic carbocycles. The first-order valence-corrected chi connectivity index (χ1v) is 9.10. The highest BCUT2D eigenvalue weighted by Gasteiger charge is 2.16. The highest BCUT2D eigenvalue weighted by atomic mass is 32.1. The number of fused-ring (bicyclic) bond motifs is 1. The van der Waals surface area contributed by atoms with Crippen LogP contribution >= 0.6 is 11.3 Å². The van der Waals surface area contributed by atoms with Crippen molar-refractivity contribution in [1.82, 2.24) is 15.0 Å². The summed E-state index contributed by atoms with van der Waals surface area (Å²) in [6.45, 7) is 4.60. The predicted octanol–water partition coefficient (Wildman–Crippen LogP) is 5.12. The molecule has 130 valence electrons. The quantitative estimate of drug-likeness (QED) is 0.546. The van der Waals surface area contributed by atoms with Gasteiger partial charge in [0.2, 0.25) is 0 Å². The van der Waals surface area contributed by atoms with Gasteiger partial charge >= 0.3 is 0 Å². The number of hydrogen-bond acceptors (Lipinski definition) is 5. The first-order chi connectivity index (χ1) is 12.6. The van der Waals surface area contributed by atoms with Crippen LogP contribution in [0.2, 0.25) is 0 Å². The van der Waals surface area contributed by atoms with Crippen LogP contribution in [0.25, 0.3) is 21.3 Å². The molecule has 26 heavy (non-hydrogen) atoms. The Balaban J connectivity index is 1.76. The molecule has 1 N–H and O–H groups in total. The van der Waals surface area contributed by atoms with Crippen molar-refractivity contribution in [3.05, 3.63) is 70.9 Å². The molecule has 3 aromatic heterocycles. The monoisotopic (exact) mass is 364 g/mol. The summed E-state index contributed by atoms with van der Waals surface area (Å²) in [5.41, 5.74) is 3.94. The molecule has 4 rings (SSSR count). The molecule has 6 heteroatoms. The zero-order valence-corrected chi connectivity index (χ0v) is 15.3. The van der Waals surface area contributed by atoms with Gasteiger partial charge in [-0.3, -0.25) is 4.98 Å². The molecule has 0 spiro atoms. The lowest BCUT2D eigenvalue weighted by Crippen LogP contribution is -2.04. The van der Waals surface area contributed by atoms with Gasteiger partial charge in [-0.2, -0.15) is 0 Å². The molecule has 1 aromatic carbocycles. The third-order valence-corrected chi connectivity index (χ3v) is 5.19. The van der Waals surface area contributed by atoms with Crippen LogP contribution in [0.15, 0.2) is 48.8 Å². The van der Waals surface area contributed by atoms with Gasteiger partial charge in [-0.05, 0) is 43.7 Å². The smallest absolute Gasteiger partial charge is 0.139 e. The number of anilines is 1. The molecule has 4 nitrogen and oxygen atoms in total. The Morgan fingerprint density at radius 1 is 1.04 bits per heavy atom. The fourth-order valence-corrected chi connectivity index (χ4v) is 4.03. The minimum absolute atomic E-state index is 0.244. The van der Waals surface area contributed by atoms with E-state index < -0.39 is 0 Å². The van der Waals surface area contributed by atoms with Crippen molar-refractivity contribution in [2.75, 3.05) is 5.32 Å². The van der Waals surface area contributed by atoms with Gasteiger partial charge in [0.1, 0.15) is 22.8 Å². The number of aromatic nitrogens is 3. The third kappa shape index (κ3) is 3.15. The van der Waals surface area contributed by atoms with Crippen LogP contribution in [0.5, 0.6) is 0 Å². The average molecular weight is 364 g/mol. The van der Waals surface area contributed by atoms with E-state index in [9.17, 15) is 4.39 Å². The predicted molar refractivity (Wildman–Crippen MR) is 104 cm³/mol. The van der Waals surface area contributed by atoms with Gasteiger partial charge < -0.3 is 5.32 Å². The Hall–Kier alpha value is -2.86. The molecule has 0 bridgehead atoms. The molecule has 0 saturated carbocycles. The normalized spacial score (nSPS) is 11.0. The summed E-state index contributed by atoms with van der Waals surface area (Å²) in [5, 5.41) is 4.35. The van der Waals surface area contributed by atoms with Crippen LogP contribution < -0.4 is 5.32 Å². The second-order valence-electron chi connectivity index (χ2n) is 6.07. The van der Waals surface area contributed by atoms with E-state index in [1.807, 2.05) is 25.1 Å². The highest BCUT2D eigenvalue weighted by Crippen LogP contribution is 2.40. The number of aryl methyl sites for hydroxylation is 2. The molecular formula is C20H17FN4S. The van der Waals surface area contributed by atoms with Crippen molar-refractivity contribution in [2.24, 2.45) is 0 Å². The van der Waals surface area contributed by atoms with Gasteiger partial charge in [0, 0.05) is 16.1 Å². The Bertz CT molecular complexity index is 1070. The van der Waals surface area contributed by atoms with E-state index in [4.69, 9.17) is 0 Å². The van der Waals surface area contributed by atoms with Gasteiger partial charge in [-0.1, -0.05) is 18.2 Å². The standard InChI is InChI=1S/C20H17FN4S/c1-12-4-3-5-16(25-12)10-22-19-18-17(14-6-8-15(21)9-7-14)13(2)26-20(18)24-11-23-19/h3-9,11H,10H2,1-2H3,(H,22,23,24). The van der Waals surface area contributed by atoms with E-state index in [0.29, 0.717) is 6.54 Å². The molecule has 0 atom stereocenters. The van der Waals surface area contributed by atoms with E-state index in [2.05, 4.69) is 27.2 Å². The largest absolute Gasteiger partial charge is 0.364 e.